The summed E-state index contributed by atoms with van der Waals surface area (Å²) in [4.78, 5) is 14.4. The van der Waals surface area contributed by atoms with Crippen LogP contribution in [0.4, 0.5) is 0 Å². The van der Waals surface area contributed by atoms with Gasteiger partial charge in [0.05, 0.1) is 4.88 Å². The summed E-state index contributed by atoms with van der Waals surface area (Å²) in [5, 5.41) is 2.95. The Morgan fingerprint density at radius 1 is 1.37 bits per heavy atom. The summed E-state index contributed by atoms with van der Waals surface area (Å²) < 4.78 is 0. The summed E-state index contributed by atoms with van der Waals surface area (Å²) in [5.74, 6) is 0.425. The van der Waals surface area contributed by atoms with Crippen LogP contribution in [0.1, 0.15) is 53.2 Å². The first kappa shape index (κ1) is 14.5. The van der Waals surface area contributed by atoms with E-state index in [0.717, 1.165) is 17.7 Å². The Morgan fingerprint density at radius 2 is 2.11 bits per heavy atom. The summed E-state index contributed by atoms with van der Waals surface area (Å²) >= 11 is 1.66. The molecule has 0 spiro atoms. The molecule has 0 radical (unpaired) electrons. The zero-order valence-corrected chi connectivity index (χ0v) is 12.7. The van der Waals surface area contributed by atoms with Crippen molar-refractivity contribution in [3.63, 3.8) is 0 Å². The lowest BCUT2D eigenvalue weighted by atomic mass is 10.1. The van der Waals surface area contributed by atoms with Crippen molar-refractivity contribution in [2.45, 2.75) is 52.0 Å². The molecule has 0 aromatic carbocycles. The van der Waals surface area contributed by atoms with E-state index in [0.29, 0.717) is 12.5 Å². The van der Waals surface area contributed by atoms with E-state index in [1.807, 2.05) is 0 Å². The predicted molar refractivity (Wildman–Crippen MR) is 80.7 cm³/mol. The molecule has 1 atom stereocenters. The number of fused-ring (bicyclic) bond motifs is 1. The third-order valence-electron chi connectivity index (χ3n) is 3.83. The normalized spacial score (nSPS) is 16.8. The molecule has 1 heterocycles. The molecule has 3 nitrogen and oxygen atoms in total. The van der Waals surface area contributed by atoms with Gasteiger partial charge in [-0.3, -0.25) is 4.79 Å². The van der Waals surface area contributed by atoms with E-state index in [-0.39, 0.29) is 11.9 Å². The highest BCUT2D eigenvalue weighted by Gasteiger charge is 2.17. The van der Waals surface area contributed by atoms with Gasteiger partial charge in [0, 0.05) is 17.5 Å². The van der Waals surface area contributed by atoms with Crippen molar-refractivity contribution >= 4 is 17.2 Å². The summed E-state index contributed by atoms with van der Waals surface area (Å²) in [6.07, 6.45) is 6.09. The van der Waals surface area contributed by atoms with Gasteiger partial charge in [-0.1, -0.05) is 20.3 Å². The highest BCUT2D eigenvalue weighted by molar-refractivity contribution is 7.14. The molecular weight excluding hydrogens is 256 g/mol. The number of thiophene rings is 1. The average molecular weight is 280 g/mol. The lowest BCUT2D eigenvalue weighted by molar-refractivity contribution is 0.0953. The molecule has 2 rings (SSSR count). The number of carbonyl (C=O) groups is 1. The Hall–Kier alpha value is -0.870. The smallest absolute Gasteiger partial charge is 0.261 e. The van der Waals surface area contributed by atoms with E-state index < -0.39 is 0 Å². The highest BCUT2D eigenvalue weighted by Crippen LogP contribution is 2.28. The molecule has 1 aromatic heterocycles. The third-order valence-corrected chi connectivity index (χ3v) is 5.06. The van der Waals surface area contributed by atoms with Gasteiger partial charge < -0.3 is 11.1 Å². The molecule has 0 aliphatic heterocycles. The van der Waals surface area contributed by atoms with E-state index in [1.54, 1.807) is 11.3 Å². The number of carbonyl (C=O) groups excluding carboxylic acids is 1. The van der Waals surface area contributed by atoms with Crippen molar-refractivity contribution in [2.75, 3.05) is 6.54 Å². The number of nitrogens with one attached hydrogen (secondary N) is 1. The first-order chi connectivity index (χ1) is 9.08. The number of aryl methyl sites for hydroxylation is 2. The van der Waals surface area contributed by atoms with Gasteiger partial charge in [0.15, 0.2) is 0 Å². The van der Waals surface area contributed by atoms with Crippen molar-refractivity contribution in [1.29, 1.82) is 0 Å². The van der Waals surface area contributed by atoms with Crippen LogP contribution in [0, 0.1) is 5.92 Å². The van der Waals surface area contributed by atoms with Gasteiger partial charge >= 0.3 is 0 Å². The van der Waals surface area contributed by atoms with Crippen LogP contribution in [0.3, 0.4) is 0 Å². The van der Waals surface area contributed by atoms with Gasteiger partial charge in [0.25, 0.3) is 5.91 Å². The van der Waals surface area contributed by atoms with Crippen LogP contribution in [0.15, 0.2) is 6.07 Å². The van der Waals surface area contributed by atoms with Crippen LogP contribution in [0.5, 0.6) is 0 Å². The zero-order chi connectivity index (χ0) is 13.8. The maximum atomic E-state index is 12.1. The molecule has 1 unspecified atom stereocenters. The summed E-state index contributed by atoms with van der Waals surface area (Å²) in [5.41, 5.74) is 7.34. The van der Waals surface area contributed by atoms with Crippen LogP contribution in [0.25, 0.3) is 0 Å². The second kappa shape index (κ2) is 6.53. The molecule has 1 aliphatic rings. The van der Waals surface area contributed by atoms with E-state index in [2.05, 4.69) is 25.2 Å². The number of rotatable bonds is 4. The maximum absolute atomic E-state index is 12.1. The van der Waals surface area contributed by atoms with E-state index in [1.165, 1.54) is 29.7 Å². The summed E-state index contributed by atoms with van der Waals surface area (Å²) in [7, 11) is 0. The number of hydrogen-bond donors (Lipinski definition) is 2. The first-order valence-electron chi connectivity index (χ1n) is 7.23. The standard InChI is InChI=1S/C15H24N2OS/c1-10(2)12(16)9-17-15(18)14-8-11-6-4-3-5-7-13(11)19-14/h8,10,12H,3-7,9,16H2,1-2H3,(H,17,18). The Kier molecular flexibility index (Phi) is 4.99. The highest BCUT2D eigenvalue weighted by atomic mass is 32.1. The van der Waals surface area contributed by atoms with Crippen LogP contribution in [0.2, 0.25) is 0 Å². The van der Waals surface area contributed by atoms with Crippen molar-refractivity contribution < 1.29 is 4.79 Å². The predicted octanol–water partition coefficient (Wildman–Crippen LogP) is 2.73. The molecule has 0 bridgehead atoms. The minimum Gasteiger partial charge on any atom is -0.350 e. The van der Waals surface area contributed by atoms with Crippen molar-refractivity contribution in [3.8, 4) is 0 Å². The molecule has 0 saturated heterocycles. The van der Waals surface area contributed by atoms with Gasteiger partial charge in [0.2, 0.25) is 0 Å². The van der Waals surface area contributed by atoms with Crippen molar-refractivity contribution in [3.05, 3.63) is 21.4 Å². The molecular formula is C15H24N2OS. The lowest BCUT2D eigenvalue weighted by Gasteiger charge is -2.15. The lowest BCUT2D eigenvalue weighted by Crippen LogP contribution is -2.40. The Bertz CT molecular complexity index is 416. The second-order valence-electron chi connectivity index (χ2n) is 5.74. The van der Waals surface area contributed by atoms with E-state index >= 15 is 0 Å². The zero-order valence-electron chi connectivity index (χ0n) is 11.9. The van der Waals surface area contributed by atoms with Gasteiger partial charge in [-0.2, -0.15) is 0 Å². The fourth-order valence-electron chi connectivity index (χ4n) is 2.31. The van der Waals surface area contributed by atoms with Crippen LogP contribution >= 0.6 is 11.3 Å². The van der Waals surface area contributed by atoms with Crippen molar-refractivity contribution in [2.24, 2.45) is 11.7 Å². The average Bonchev–Trinajstić information content (AvgIpc) is 2.67. The molecule has 106 valence electrons. The molecule has 0 saturated carbocycles. The second-order valence-corrected chi connectivity index (χ2v) is 6.87. The van der Waals surface area contributed by atoms with Gasteiger partial charge in [0.1, 0.15) is 0 Å². The van der Waals surface area contributed by atoms with Gasteiger partial charge in [-0.25, -0.2) is 0 Å². The van der Waals surface area contributed by atoms with Crippen LogP contribution in [-0.4, -0.2) is 18.5 Å². The van der Waals surface area contributed by atoms with Gasteiger partial charge in [-0.05, 0) is 43.2 Å². The van der Waals surface area contributed by atoms with E-state index in [9.17, 15) is 4.79 Å². The Labute approximate surface area is 119 Å². The van der Waals surface area contributed by atoms with E-state index in [4.69, 9.17) is 5.73 Å². The molecule has 1 aliphatic carbocycles. The van der Waals surface area contributed by atoms with Crippen LogP contribution < -0.4 is 11.1 Å². The SMILES string of the molecule is CC(C)C(N)CNC(=O)c1cc2c(s1)CCCCC2. The summed E-state index contributed by atoms with van der Waals surface area (Å²) in [6, 6.07) is 2.11. The van der Waals surface area contributed by atoms with Crippen LogP contribution in [-0.2, 0) is 12.8 Å². The topological polar surface area (TPSA) is 55.1 Å². The fourth-order valence-corrected chi connectivity index (χ4v) is 3.48. The molecule has 3 N–H and O–H groups in total. The monoisotopic (exact) mass is 280 g/mol. The minimum atomic E-state index is 0.0294. The van der Waals surface area contributed by atoms with Gasteiger partial charge in [-0.15, -0.1) is 11.3 Å². The molecule has 4 heteroatoms. The fraction of sp³-hybridized carbons (Fsp3) is 0.667. The summed E-state index contributed by atoms with van der Waals surface area (Å²) in [6.45, 7) is 4.70. The quantitative estimate of drug-likeness (QED) is 0.833. The number of nitrogens with two attached hydrogens (primary N) is 1. The first-order valence-corrected chi connectivity index (χ1v) is 8.05. The molecule has 0 fully saturated rings. The Balaban J connectivity index is 1.96. The third kappa shape index (κ3) is 3.80. The number of amides is 1. The Morgan fingerprint density at radius 3 is 2.84 bits per heavy atom. The largest absolute Gasteiger partial charge is 0.350 e. The molecule has 1 aromatic rings. The molecule has 1 amide bonds. The van der Waals surface area contributed by atoms with Crippen molar-refractivity contribution in [1.82, 2.24) is 5.32 Å². The maximum Gasteiger partial charge on any atom is 0.261 e. The minimum absolute atomic E-state index is 0.0294. The number of hydrogen-bond acceptors (Lipinski definition) is 3. The molecule has 19 heavy (non-hydrogen) atoms.